The van der Waals surface area contributed by atoms with Gasteiger partial charge in [0.25, 0.3) is 0 Å². The van der Waals surface area contributed by atoms with Crippen LogP contribution >= 0.6 is 0 Å². The summed E-state index contributed by atoms with van der Waals surface area (Å²) in [5.74, 6) is 1.81. The molecular formula is C19H28N2O4. The molecule has 0 spiro atoms. The molecule has 1 aromatic carbocycles. The monoisotopic (exact) mass is 348 g/mol. The van der Waals surface area contributed by atoms with Gasteiger partial charge in [-0.25, -0.2) is 0 Å². The van der Waals surface area contributed by atoms with Crippen LogP contribution in [0.3, 0.4) is 0 Å². The molecule has 0 aromatic heterocycles. The van der Waals surface area contributed by atoms with Gasteiger partial charge in [-0.15, -0.1) is 0 Å². The molecule has 1 amide bonds. The van der Waals surface area contributed by atoms with Crippen molar-refractivity contribution in [1.82, 2.24) is 10.2 Å². The zero-order valence-electron chi connectivity index (χ0n) is 15.1. The van der Waals surface area contributed by atoms with Gasteiger partial charge in [-0.1, -0.05) is 12.5 Å². The Morgan fingerprint density at radius 2 is 1.96 bits per heavy atom. The van der Waals surface area contributed by atoms with Crippen molar-refractivity contribution in [1.29, 1.82) is 0 Å². The molecule has 1 saturated heterocycles. The van der Waals surface area contributed by atoms with Crippen LogP contribution in [0.25, 0.3) is 0 Å². The second kappa shape index (κ2) is 8.54. The lowest BCUT2D eigenvalue weighted by atomic mass is 9.85. The summed E-state index contributed by atoms with van der Waals surface area (Å²) in [6.45, 7) is 3.77. The number of methoxy groups -OCH3 is 2. The van der Waals surface area contributed by atoms with Crippen LogP contribution < -0.4 is 14.8 Å². The van der Waals surface area contributed by atoms with Crippen LogP contribution in [-0.4, -0.2) is 57.9 Å². The summed E-state index contributed by atoms with van der Waals surface area (Å²) in [6, 6.07) is 6.09. The molecule has 6 heteroatoms. The third-order valence-electron chi connectivity index (χ3n) is 5.22. The van der Waals surface area contributed by atoms with E-state index in [9.17, 15) is 4.79 Å². The van der Waals surface area contributed by atoms with E-state index in [0.717, 1.165) is 44.7 Å². The van der Waals surface area contributed by atoms with Gasteiger partial charge >= 0.3 is 0 Å². The maximum Gasteiger partial charge on any atom is 0.223 e. The molecule has 0 bridgehead atoms. The fraction of sp³-hybridized carbons (Fsp3) is 0.632. The normalized spacial score (nSPS) is 19.8. The molecule has 1 aromatic rings. The van der Waals surface area contributed by atoms with Gasteiger partial charge in [0.15, 0.2) is 11.5 Å². The molecule has 1 atom stereocenters. The number of carbonyl (C=O) groups is 1. The van der Waals surface area contributed by atoms with Gasteiger partial charge < -0.3 is 19.5 Å². The molecule has 6 nitrogen and oxygen atoms in total. The van der Waals surface area contributed by atoms with Crippen LogP contribution in [-0.2, 0) is 9.53 Å². The molecule has 2 aliphatic rings. The third kappa shape index (κ3) is 4.25. The number of benzene rings is 1. The lowest BCUT2D eigenvalue weighted by Gasteiger charge is -2.35. The van der Waals surface area contributed by atoms with Gasteiger partial charge in [-0.3, -0.25) is 9.69 Å². The first-order chi connectivity index (χ1) is 12.2. The number of nitrogens with one attached hydrogen (secondary N) is 1. The quantitative estimate of drug-likeness (QED) is 0.817. The number of hydrogen-bond donors (Lipinski definition) is 1. The van der Waals surface area contributed by atoms with Gasteiger partial charge in [0, 0.05) is 25.6 Å². The zero-order chi connectivity index (χ0) is 17.6. The van der Waals surface area contributed by atoms with Gasteiger partial charge in [-0.2, -0.15) is 0 Å². The summed E-state index contributed by atoms with van der Waals surface area (Å²) in [5.41, 5.74) is 1.12. The topological polar surface area (TPSA) is 60.0 Å². The minimum Gasteiger partial charge on any atom is -0.493 e. The Morgan fingerprint density at radius 3 is 2.56 bits per heavy atom. The van der Waals surface area contributed by atoms with E-state index in [0.29, 0.717) is 18.0 Å². The summed E-state index contributed by atoms with van der Waals surface area (Å²) in [6.07, 6.45) is 3.20. The van der Waals surface area contributed by atoms with Crippen LogP contribution in [0.1, 0.15) is 30.9 Å². The van der Waals surface area contributed by atoms with Gasteiger partial charge in [-0.05, 0) is 30.5 Å². The SMILES string of the molecule is COc1ccc([C@@H](CNC(=O)C2CCC2)N2CCOCC2)cc1OC. The Labute approximate surface area is 149 Å². The lowest BCUT2D eigenvalue weighted by Crippen LogP contribution is -2.45. The summed E-state index contributed by atoms with van der Waals surface area (Å²) in [4.78, 5) is 14.6. The highest BCUT2D eigenvalue weighted by atomic mass is 16.5. The fourth-order valence-corrected chi connectivity index (χ4v) is 3.42. The van der Waals surface area contributed by atoms with Crippen molar-refractivity contribution in [2.45, 2.75) is 25.3 Å². The average Bonchev–Trinajstić information content (AvgIpc) is 2.61. The van der Waals surface area contributed by atoms with Crippen LogP contribution in [0.15, 0.2) is 18.2 Å². The first-order valence-corrected chi connectivity index (χ1v) is 9.04. The van der Waals surface area contributed by atoms with E-state index in [4.69, 9.17) is 14.2 Å². The molecule has 1 N–H and O–H groups in total. The molecule has 1 aliphatic carbocycles. The number of rotatable bonds is 7. The number of morpholine rings is 1. The first-order valence-electron chi connectivity index (χ1n) is 9.04. The summed E-state index contributed by atoms with van der Waals surface area (Å²) in [7, 11) is 3.28. The van der Waals surface area contributed by atoms with Crippen molar-refractivity contribution in [3.8, 4) is 11.5 Å². The molecule has 2 fully saturated rings. The van der Waals surface area contributed by atoms with Crippen molar-refractivity contribution in [3.63, 3.8) is 0 Å². The maximum atomic E-state index is 12.3. The number of amides is 1. The highest BCUT2D eigenvalue weighted by Gasteiger charge is 2.28. The predicted octanol–water partition coefficient (Wildman–Crippen LogP) is 1.99. The number of ether oxygens (including phenoxy) is 3. The van der Waals surface area contributed by atoms with Gasteiger partial charge in [0.2, 0.25) is 5.91 Å². The van der Waals surface area contributed by atoms with E-state index < -0.39 is 0 Å². The summed E-state index contributed by atoms with van der Waals surface area (Å²) < 4.78 is 16.3. The molecule has 0 unspecified atom stereocenters. The molecule has 1 aliphatic heterocycles. The van der Waals surface area contributed by atoms with Crippen LogP contribution in [0.4, 0.5) is 0 Å². The van der Waals surface area contributed by atoms with E-state index in [1.54, 1.807) is 14.2 Å². The molecular weight excluding hydrogens is 320 g/mol. The molecule has 138 valence electrons. The van der Waals surface area contributed by atoms with Crippen LogP contribution in [0.5, 0.6) is 11.5 Å². The van der Waals surface area contributed by atoms with Crippen molar-refractivity contribution < 1.29 is 19.0 Å². The largest absolute Gasteiger partial charge is 0.493 e. The standard InChI is InChI=1S/C19H28N2O4/c1-23-17-7-6-15(12-18(17)24-2)16(21-8-10-25-11-9-21)13-20-19(22)14-4-3-5-14/h6-7,12,14,16H,3-5,8-11,13H2,1-2H3,(H,20,22)/t16-/m1/s1. The van der Waals surface area contributed by atoms with Crippen molar-refractivity contribution in [2.24, 2.45) is 5.92 Å². The number of hydrogen-bond acceptors (Lipinski definition) is 5. The lowest BCUT2D eigenvalue weighted by molar-refractivity contribution is -0.127. The van der Waals surface area contributed by atoms with Gasteiger partial charge in [0.1, 0.15) is 0 Å². The Hall–Kier alpha value is -1.79. The highest BCUT2D eigenvalue weighted by Crippen LogP contribution is 2.32. The Kier molecular flexibility index (Phi) is 6.15. The van der Waals surface area contributed by atoms with E-state index in [1.165, 1.54) is 6.42 Å². The average molecular weight is 348 g/mol. The number of carbonyl (C=O) groups excluding carboxylic acids is 1. The summed E-state index contributed by atoms with van der Waals surface area (Å²) >= 11 is 0. The van der Waals surface area contributed by atoms with Crippen molar-refractivity contribution in [3.05, 3.63) is 23.8 Å². The van der Waals surface area contributed by atoms with Crippen LogP contribution in [0.2, 0.25) is 0 Å². The maximum absolute atomic E-state index is 12.3. The fourth-order valence-electron chi connectivity index (χ4n) is 3.42. The molecule has 1 saturated carbocycles. The van der Waals surface area contributed by atoms with E-state index >= 15 is 0 Å². The van der Waals surface area contributed by atoms with E-state index in [1.807, 2.05) is 12.1 Å². The zero-order valence-corrected chi connectivity index (χ0v) is 15.1. The second-order valence-electron chi connectivity index (χ2n) is 6.65. The van der Waals surface area contributed by atoms with Crippen LogP contribution in [0, 0.1) is 5.92 Å². The Bertz CT molecular complexity index is 583. The Balaban J connectivity index is 1.76. The molecule has 0 radical (unpaired) electrons. The second-order valence-corrected chi connectivity index (χ2v) is 6.65. The smallest absolute Gasteiger partial charge is 0.223 e. The molecule has 1 heterocycles. The number of nitrogens with zero attached hydrogens (tertiary/aromatic N) is 1. The van der Waals surface area contributed by atoms with E-state index in [-0.39, 0.29) is 17.9 Å². The van der Waals surface area contributed by atoms with Crippen molar-refractivity contribution >= 4 is 5.91 Å². The summed E-state index contributed by atoms with van der Waals surface area (Å²) in [5, 5.41) is 3.15. The molecule has 3 rings (SSSR count). The first kappa shape index (κ1) is 18.0. The third-order valence-corrected chi connectivity index (χ3v) is 5.22. The van der Waals surface area contributed by atoms with E-state index in [2.05, 4.69) is 16.3 Å². The van der Waals surface area contributed by atoms with Gasteiger partial charge in [0.05, 0.1) is 33.5 Å². The highest BCUT2D eigenvalue weighted by molar-refractivity contribution is 5.79. The molecule has 25 heavy (non-hydrogen) atoms. The minimum absolute atomic E-state index is 0.104. The Morgan fingerprint density at radius 1 is 1.24 bits per heavy atom. The minimum atomic E-state index is 0.104. The predicted molar refractivity (Wildman–Crippen MR) is 95.0 cm³/mol. The van der Waals surface area contributed by atoms with Crippen molar-refractivity contribution in [2.75, 3.05) is 47.1 Å².